The molecule has 0 unspecified atom stereocenters. The quantitative estimate of drug-likeness (QED) is 0.459. The van der Waals surface area contributed by atoms with Crippen molar-refractivity contribution >= 4 is 17.2 Å². The Labute approximate surface area is 70.6 Å². The fourth-order valence-corrected chi connectivity index (χ4v) is 1.54. The summed E-state index contributed by atoms with van der Waals surface area (Å²) in [5.74, 6) is 5.62. The van der Waals surface area contributed by atoms with Crippen LogP contribution in [0.5, 0.6) is 0 Å². The van der Waals surface area contributed by atoms with E-state index in [0.29, 0.717) is 0 Å². The number of hydrogen-bond donors (Lipinski definition) is 1. The van der Waals surface area contributed by atoms with Crippen molar-refractivity contribution in [1.82, 2.24) is 5.01 Å². The Morgan fingerprint density at radius 1 is 1.36 bits per heavy atom. The highest BCUT2D eigenvalue weighted by atomic mass is 32.1. The van der Waals surface area contributed by atoms with Crippen molar-refractivity contribution in [2.75, 3.05) is 0 Å². The number of rotatable bonds is 0. The van der Waals surface area contributed by atoms with Crippen LogP contribution in [-0.2, 0) is 6.54 Å². The summed E-state index contributed by atoms with van der Waals surface area (Å²) in [6.07, 6.45) is 0. The maximum atomic E-state index is 5.62. The molecule has 0 saturated carbocycles. The molecule has 0 aliphatic carbocycles. The van der Waals surface area contributed by atoms with Gasteiger partial charge in [-0.3, -0.25) is 5.01 Å². The van der Waals surface area contributed by atoms with Gasteiger partial charge in [-0.1, -0.05) is 36.5 Å². The maximum absolute atomic E-state index is 5.62. The summed E-state index contributed by atoms with van der Waals surface area (Å²) in [6.45, 7) is 0.745. The third-order valence-corrected chi connectivity index (χ3v) is 2.30. The molecule has 1 aromatic carbocycles. The largest absolute Gasteiger partial charge is 0.296 e. The zero-order valence-electron chi connectivity index (χ0n) is 5.95. The van der Waals surface area contributed by atoms with Gasteiger partial charge in [0.2, 0.25) is 0 Å². The van der Waals surface area contributed by atoms with Gasteiger partial charge in [0.05, 0.1) is 6.54 Å². The molecule has 1 aromatic rings. The molecule has 2 rings (SSSR count). The van der Waals surface area contributed by atoms with Crippen molar-refractivity contribution in [3.8, 4) is 0 Å². The molecule has 1 aliphatic rings. The van der Waals surface area contributed by atoms with Crippen LogP contribution in [0, 0.1) is 0 Å². The molecule has 56 valence electrons. The van der Waals surface area contributed by atoms with Gasteiger partial charge in [0.25, 0.3) is 0 Å². The van der Waals surface area contributed by atoms with E-state index < -0.39 is 0 Å². The van der Waals surface area contributed by atoms with Gasteiger partial charge in [-0.05, 0) is 5.56 Å². The van der Waals surface area contributed by atoms with E-state index in [1.807, 2.05) is 18.2 Å². The Morgan fingerprint density at radius 2 is 2.09 bits per heavy atom. The topological polar surface area (TPSA) is 29.3 Å². The number of thiocarbonyl (C=S) groups is 1. The number of benzene rings is 1. The predicted molar refractivity (Wildman–Crippen MR) is 47.9 cm³/mol. The summed E-state index contributed by atoms with van der Waals surface area (Å²) in [5.41, 5.74) is 2.32. The molecule has 0 radical (unpaired) electrons. The normalized spacial score (nSPS) is 15.4. The lowest BCUT2D eigenvalue weighted by Crippen LogP contribution is -2.29. The number of nitrogens with two attached hydrogens (primary N) is 1. The molecule has 11 heavy (non-hydrogen) atoms. The molecule has 0 spiro atoms. The first-order valence-corrected chi connectivity index (χ1v) is 3.84. The molecule has 2 N–H and O–H groups in total. The van der Waals surface area contributed by atoms with Crippen molar-refractivity contribution in [3.05, 3.63) is 35.4 Å². The van der Waals surface area contributed by atoms with Gasteiger partial charge < -0.3 is 0 Å². The van der Waals surface area contributed by atoms with Gasteiger partial charge in [0, 0.05) is 5.56 Å². The monoisotopic (exact) mass is 164 g/mol. The molecule has 0 aromatic heterocycles. The van der Waals surface area contributed by atoms with E-state index in [-0.39, 0.29) is 0 Å². The minimum absolute atomic E-state index is 0.745. The van der Waals surface area contributed by atoms with Crippen LogP contribution in [0.3, 0.4) is 0 Å². The molecule has 2 nitrogen and oxygen atoms in total. The highest BCUT2D eigenvalue weighted by Crippen LogP contribution is 2.19. The van der Waals surface area contributed by atoms with Crippen LogP contribution >= 0.6 is 12.2 Å². The minimum atomic E-state index is 0.745. The number of hydrogen-bond acceptors (Lipinski definition) is 2. The van der Waals surface area contributed by atoms with E-state index in [2.05, 4.69) is 6.07 Å². The lowest BCUT2D eigenvalue weighted by atomic mass is 10.1. The van der Waals surface area contributed by atoms with E-state index in [0.717, 1.165) is 17.1 Å². The first-order chi connectivity index (χ1) is 5.29. The zero-order chi connectivity index (χ0) is 7.84. The fourth-order valence-electron chi connectivity index (χ4n) is 1.28. The molecule has 1 heterocycles. The number of fused-ring (bicyclic) bond motifs is 1. The van der Waals surface area contributed by atoms with Gasteiger partial charge in [-0.2, -0.15) is 0 Å². The van der Waals surface area contributed by atoms with Crippen molar-refractivity contribution in [3.63, 3.8) is 0 Å². The summed E-state index contributed by atoms with van der Waals surface area (Å²) >= 11 is 5.10. The van der Waals surface area contributed by atoms with Crippen LogP contribution < -0.4 is 5.84 Å². The third kappa shape index (κ3) is 0.931. The van der Waals surface area contributed by atoms with Gasteiger partial charge in [-0.15, -0.1) is 0 Å². The Bertz CT molecular complexity index is 309. The number of hydrazine groups is 1. The molecule has 0 bridgehead atoms. The summed E-state index contributed by atoms with van der Waals surface area (Å²) in [5, 5.41) is 1.60. The van der Waals surface area contributed by atoms with Crippen LogP contribution in [0.4, 0.5) is 0 Å². The lowest BCUT2D eigenvalue weighted by Gasteiger charge is -2.07. The average Bonchev–Trinajstić information content (AvgIpc) is 2.30. The minimum Gasteiger partial charge on any atom is -0.296 e. The molecule has 1 aliphatic heterocycles. The maximum Gasteiger partial charge on any atom is 0.123 e. The van der Waals surface area contributed by atoms with Crippen LogP contribution in [0.1, 0.15) is 11.1 Å². The van der Waals surface area contributed by atoms with Gasteiger partial charge in [0.15, 0.2) is 0 Å². The van der Waals surface area contributed by atoms with Crippen LogP contribution in [0.2, 0.25) is 0 Å². The van der Waals surface area contributed by atoms with Gasteiger partial charge in [-0.25, -0.2) is 5.84 Å². The van der Waals surface area contributed by atoms with E-state index in [1.165, 1.54) is 5.56 Å². The van der Waals surface area contributed by atoms with Gasteiger partial charge >= 0.3 is 0 Å². The Hall–Kier alpha value is -0.930. The van der Waals surface area contributed by atoms with Crippen molar-refractivity contribution < 1.29 is 0 Å². The smallest absolute Gasteiger partial charge is 0.123 e. The van der Waals surface area contributed by atoms with Crippen LogP contribution in [-0.4, -0.2) is 10.00 Å². The van der Waals surface area contributed by atoms with E-state index >= 15 is 0 Å². The van der Waals surface area contributed by atoms with Crippen molar-refractivity contribution in [2.45, 2.75) is 6.54 Å². The van der Waals surface area contributed by atoms with Crippen LogP contribution in [0.15, 0.2) is 24.3 Å². The summed E-state index contributed by atoms with van der Waals surface area (Å²) < 4.78 is 0. The van der Waals surface area contributed by atoms with Crippen molar-refractivity contribution in [2.24, 2.45) is 5.84 Å². The van der Waals surface area contributed by atoms with Gasteiger partial charge in [0.1, 0.15) is 4.99 Å². The predicted octanol–water partition coefficient (Wildman–Crippen LogP) is 1.05. The summed E-state index contributed by atoms with van der Waals surface area (Å²) in [6, 6.07) is 8.03. The number of nitrogens with zero attached hydrogens (tertiary/aromatic N) is 1. The molecular weight excluding hydrogens is 156 g/mol. The first kappa shape index (κ1) is 6.76. The second-order valence-electron chi connectivity index (χ2n) is 2.59. The summed E-state index contributed by atoms with van der Waals surface area (Å²) in [4.78, 5) is 0.751. The van der Waals surface area contributed by atoms with Crippen LogP contribution in [0.25, 0.3) is 0 Å². The molecule has 0 atom stereocenters. The third-order valence-electron chi connectivity index (χ3n) is 1.85. The Balaban J connectivity index is 2.55. The first-order valence-electron chi connectivity index (χ1n) is 3.43. The Kier molecular flexibility index (Phi) is 1.41. The average molecular weight is 164 g/mol. The van der Waals surface area contributed by atoms with E-state index in [9.17, 15) is 0 Å². The molecule has 0 saturated heterocycles. The standard InChI is InChI=1S/C8H8N2S/c9-10-5-6-3-1-2-4-7(6)8(10)11/h1-4H,5,9H2. The molecule has 3 heteroatoms. The van der Waals surface area contributed by atoms with E-state index in [1.54, 1.807) is 5.01 Å². The van der Waals surface area contributed by atoms with E-state index in [4.69, 9.17) is 18.1 Å². The molecular formula is C8H8N2S. The highest BCUT2D eigenvalue weighted by molar-refractivity contribution is 7.80. The second kappa shape index (κ2) is 2.29. The summed E-state index contributed by atoms with van der Waals surface area (Å²) in [7, 11) is 0. The second-order valence-corrected chi connectivity index (χ2v) is 2.98. The molecule has 0 fully saturated rings. The lowest BCUT2D eigenvalue weighted by molar-refractivity contribution is 0.461. The zero-order valence-corrected chi connectivity index (χ0v) is 6.77. The highest BCUT2D eigenvalue weighted by Gasteiger charge is 2.19. The SMILES string of the molecule is NN1Cc2ccccc2C1=S. The fraction of sp³-hybridized carbons (Fsp3) is 0.125. The van der Waals surface area contributed by atoms with Crippen molar-refractivity contribution in [1.29, 1.82) is 0 Å². The molecule has 0 amide bonds. The Morgan fingerprint density at radius 3 is 2.82 bits per heavy atom.